The minimum absolute atomic E-state index is 0.0515. The third-order valence-corrected chi connectivity index (χ3v) is 3.60. The molecule has 0 saturated carbocycles. The first-order valence-corrected chi connectivity index (χ1v) is 7.29. The highest BCUT2D eigenvalue weighted by molar-refractivity contribution is 5.33. The summed E-state index contributed by atoms with van der Waals surface area (Å²) in [6, 6.07) is 11.2. The maximum Gasteiger partial charge on any atom is 0.330 e. The van der Waals surface area contributed by atoms with Crippen LogP contribution in [0.25, 0.3) is 0 Å². The number of rotatable bonds is 6. The van der Waals surface area contributed by atoms with Crippen LogP contribution >= 0.6 is 0 Å². The molecule has 0 fully saturated rings. The maximum atomic E-state index is 12.1. The van der Waals surface area contributed by atoms with E-state index in [1.807, 2.05) is 44.2 Å². The predicted molar refractivity (Wildman–Crippen MR) is 84.7 cm³/mol. The van der Waals surface area contributed by atoms with E-state index < -0.39 is 0 Å². The predicted octanol–water partition coefficient (Wildman–Crippen LogP) is 2.51. The van der Waals surface area contributed by atoms with Gasteiger partial charge in [0.15, 0.2) is 0 Å². The standard InChI is InChI=1S/C16H21N3O2/c1-3-13(4-2)19-15(20)10-14(18-16(19)21)17-11-12-8-6-5-7-9-12/h5-10,13,17H,3-4,11H2,1-2H3,(H,18,21). The van der Waals surface area contributed by atoms with Crippen molar-refractivity contribution in [3.05, 3.63) is 62.8 Å². The van der Waals surface area contributed by atoms with Crippen LogP contribution in [-0.4, -0.2) is 9.55 Å². The summed E-state index contributed by atoms with van der Waals surface area (Å²) in [5.74, 6) is 0.455. The molecule has 0 amide bonds. The lowest BCUT2D eigenvalue weighted by Crippen LogP contribution is -2.37. The Morgan fingerprint density at radius 3 is 2.38 bits per heavy atom. The SMILES string of the molecule is CCC(CC)n1c(=O)cc(NCc2ccccc2)[nH]c1=O. The second kappa shape index (κ2) is 6.92. The van der Waals surface area contributed by atoms with Crippen molar-refractivity contribution in [2.45, 2.75) is 39.3 Å². The van der Waals surface area contributed by atoms with E-state index in [0.29, 0.717) is 12.4 Å². The minimum Gasteiger partial charge on any atom is -0.367 e. The minimum atomic E-state index is -0.355. The lowest BCUT2D eigenvalue weighted by molar-refractivity contribution is 0.439. The van der Waals surface area contributed by atoms with E-state index in [0.717, 1.165) is 18.4 Å². The van der Waals surface area contributed by atoms with Gasteiger partial charge in [-0.15, -0.1) is 0 Å². The summed E-state index contributed by atoms with van der Waals surface area (Å²) >= 11 is 0. The van der Waals surface area contributed by atoms with E-state index in [9.17, 15) is 9.59 Å². The second-order valence-electron chi connectivity index (χ2n) is 5.01. The van der Waals surface area contributed by atoms with Gasteiger partial charge in [-0.1, -0.05) is 44.2 Å². The van der Waals surface area contributed by atoms with E-state index in [1.165, 1.54) is 10.6 Å². The van der Waals surface area contributed by atoms with Crippen molar-refractivity contribution in [2.24, 2.45) is 0 Å². The lowest BCUT2D eigenvalue weighted by Gasteiger charge is -2.15. The third-order valence-electron chi connectivity index (χ3n) is 3.60. The number of aromatic nitrogens is 2. The third kappa shape index (κ3) is 3.62. The quantitative estimate of drug-likeness (QED) is 0.858. The van der Waals surface area contributed by atoms with Crippen molar-refractivity contribution in [3.63, 3.8) is 0 Å². The molecule has 0 aliphatic carbocycles. The Bertz CT molecular complexity index is 653. The highest BCUT2D eigenvalue weighted by Gasteiger charge is 2.12. The summed E-state index contributed by atoms with van der Waals surface area (Å²) in [5.41, 5.74) is 0.470. The average Bonchev–Trinajstić information content (AvgIpc) is 2.50. The number of hydrogen-bond acceptors (Lipinski definition) is 3. The van der Waals surface area contributed by atoms with E-state index in [-0.39, 0.29) is 17.3 Å². The molecule has 5 heteroatoms. The Morgan fingerprint density at radius 2 is 1.81 bits per heavy atom. The molecule has 2 aromatic rings. The van der Waals surface area contributed by atoms with E-state index in [1.54, 1.807) is 0 Å². The second-order valence-corrected chi connectivity index (χ2v) is 5.01. The van der Waals surface area contributed by atoms with Gasteiger partial charge in [-0.25, -0.2) is 4.79 Å². The van der Waals surface area contributed by atoms with Crippen LogP contribution < -0.4 is 16.6 Å². The molecule has 21 heavy (non-hydrogen) atoms. The van der Waals surface area contributed by atoms with Crippen molar-refractivity contribution >= 4 is 5.82 Å². The highest BCUT2D eigenvalue weighted by atomic mass is 16.2. The summed E-state index contributed by atoms with van der Waals surface area (Å²) < 4.78 is 1.30. The summed E-state index contributed by atoms with van der Waals surface area (Å²) in [4.78, 5) is 27.0. The molecule has 0 spiro atoms. The van der Waals surface area contributed by atoms with Crippen molar-refractivity contribution in [2.75, 3.05) is 5.32 Å². The van der Waals surface area contributed by atoms with E-state index >= 15 is 0 Å². The molecular weight excluding hydrogens is 266 g/mol. The van der Waals surface area contributed by atoms with Crippen LogP contribution in [0.3, 0.4) is 0 Å². The van der Waals surface area contributed by atoms with Gasteiger partial charge in [-0.05, 0) is 18.4 Å². The Hall–Kier alpha value is -2.30. The van der Waals surface area contributed by atoms with E-state index in [2.05, 4.69) is 10.3 Å². The Morgan fingerprint density at radius 1 is 1.14 bits per heavy atom. The monoisotopic (exact) mass is 287 g/mol. The molecule has 0 aliphatic heterocycles. The molecule has 2 rings (SSSR count). The number of H-pyrrole nitrogens is 1. The normalized spacial score (nSPS) is 10.8. The number of nitrogens with one attached hydrogen (secondary N) is 2. The fraction of sp³-hybridized carbons (Fsp3) is 0.375. The van der Waals surface area contributed by atoms with Gasteiger partial charge < -0.3 is 5.32 Å². The van der Waals surface area contributed by atoms with Gasteiger partial charge in [-0.2, -0.15) is 0 Å². The maximum absolute atomic E-state index is 12.1. The van der Waals surface area contributed by atoms with Crippen LogP contribution in [0.4, 0.5) is 5.82 Å². The first kappa shape index (κ1) is 15.1. The summed E-state index contributed by atoms with van der Waals surface area (Å²) in [5, 5.41) is 3.08. The molecule has 0 unspecified atom stereocenters. The summed E-state index contributed by atoms with van der Waals surface area (Å²) in [6.07, 6.45) is 1.52. The van der Waals surface area contributed by atoms with Crippen LogP contribution in [0.1, 0.15) is 38.3 Å². The molecule has 0 saturated heterocycles. The van der Waals surface area contributed by atoms with Gasteiger partial charge in [0.05, 0.1) is 0 Å². The lowest BCUT2D eigenvalue weighted by atomic mass is 10.2. The molecule has 1 aromatic heterocycles. The molecule has 0 atom stereocenters. The molecule has 112 valence electrons. The molecule has 0 aliphatic rings. The van der Waals surface area contributed by atoms with Gasteiger partial charge >= 0.3 is 5.69 Å². The fourth-order valence-corrected chi connectivity index (χ4v) is 2.39. The molecule has 5 nitrogen and oxygen atoms in total. The van der Waals surface area contributed by atoms with E-state index in [4.69, 9.17) is 0 Å². The average molecular weight is 287 g/mol. The topological polar surface area (TPSA) is 66.9 Å². The molecule has 1 heterocycles. The van der Waals surface area contributed by atoms with Gasteiger partial charge in [0.1, 0.15) is 5.82 Å². The van der Waals surface area contributed by atoms with Crippen molar-refractivity contribution in [1.82, 2.24) is 9.55 Å². The molecule has 0 bridgehead atoms. The Balaban J connectivity index is 2.20. The van der Waals surface area contributed by atoms with Crippen LogP contribution in [0, 0.1) is 0 Å². The number of hydrogen-bond donors (Lipinski definition) is 2. The fourth-order valence-electron chi connectivity index (χ4n) is 2.39. The van der Waals surface area contributed by atoms with Gasteiger partial charge in [0, 0.05) is 18.7 Å². The van der Waals surface area contributed by atoms with Gasteiger partial charge in [-0.3, -0.25) is 14.3 Å². The first-order valence-electron chi connectivity index (χ1n) is 7.29. The zero-order valence-electron chi connectivity index (χ0n) is 12.4. The molecule has 2 N–H and O–H groups in total. The molecule has 1 aromatic carbocycles. The van der Waals surface area contributed by atoms with Crippen molar-refractivity contribution in [1.29, 1.82) is 0 Å². The zero-order valence-corrected chi connectivity index (χ0v) is 12.4. The highest BCUT2D eigenvalue weighted by Crippen LogP contribution is 2.10. The number of benzene rings is 1. The smallest absolute Gasteiger partial charge is 0.330 e. The van der Waals surface area contributed by atoms with Crippen LogP contribution in [0.2, 0.25) is 0 Å². The Labute approximate surface area is 123 Å². The largest absolute Gasteiger partial charge is 0.367 e. The first-order chi connectivity index (χ1) is 10.2. The van der Waals surface area contributed by atoms with Crippen molar-refractivity contribution < 1.29 is 0 Å². The summed E-state index contributed by atoms with van der Waals surface area (Å²) in [6.45, 7) is 4.51. The van der Waals surface area contributed by atoms with Crippen LogP contribution in [0.5, 0.6) is 0 Å². The number of nitrogens with zero attached hydrogens (tertiary/aromatic N) is 1. The zero-order chi connectivity index (χ0) is 15.2. The molecule has 0 radical (unpaired) electrons. The van der Waals surface area contributed by atoms with Crippen LogP contribution in [-0.2, 0) is 6.54 Å². The van der Waals surface area contributed by atoms with Gasteiger partial charge in [0.2, 0.25) is 0 Å². The van der Waals surface area contributed by atoms with Gasteiger partial charge in [0.25, 0.3) is 5.56 Å². The number of aromatic amines is 1. The molecular formula is C16H21N3O2. The van der Waals surface area contributed by atoms with Crippen LogP contribution in [0.15, 0.2) is 46.0 Å². The number of anilines is 1. The summed E-state index contributed by atoms with van der Waals surface area (Å²) in [7, 11) is 0. The van der Waals surface area contributed by atoms with Crippen molar-refractivity contribution in [3.8, 4) is 0 Å². The Kier molecular flexibility index (Phi) is 4.98.